The Hall–Kier alpha value is -3.15. The van der Waals surface area contributed by atoms with Crippen molar-refractivity contribution in [2.75, 3.05) is 7.11 Å². The SMILES string of the molecule is CCC(C)N(Cc1ccccc1)C(=O)CCc1nc(-c2ccc(OC)cc2)no1. The molecule has 0 N–H and O–H groups in total. The molecule has 0 aliphatic heterocycles. The quantitative estimate of drug-likeness (QED) is 0.535. The number of nitrogens with zero attached hydrogens (tertiary/aromatic N) is 3. The van der Waals surface area contributed by atoms with E-state index in [0.717, 1.165) is 23.3 Å². The summed E-state index contributed by atoms with van der Waals surface area (Å²) in [5.41, 5.74) is 1.97. The molecule has 1 amide bonds. The van der Waals surface area contributed by atoms with Gasteiger partial charge in [-0.25, -0.2) is 0 Å². The number of ether oxygens (including phenoxy) is 1. The first-order valence-electron chi connectivity index (χ1n) is 9.91. The maximum atomic E-state index is 12.9. The molecule has 0 radical (unpaired) electrons. The summed E-state index contributed by atoms with van der Waals surface area (Å²) in [6.45, 7) is 4.78. The van der Waals surface area contributed by atoms with Crippen molar-refractivity contribution in [3.8, 4) is 17.1 Å². The van der Waals surface area contributed by atoms with Crippen molar-refractivity contribution in [2.45, 2.75) is 45.7 Å². The molecule has 29 heavy (non-hydrogen) atoms. The van der Waals surface area contributed by atoms with Crippen LogP contribution in [-0.2, 0) is 17.8 Å². The van der Waals surface area contributed by atoms with Crippen LogP contribution < -0.4 is 4.74 Å². The van der Waals surface area contributed by atoms with E-state index in [1.54, 1.807) is 7.11 Å². The fraction of sp³-hybridized carbons (Fsp3) is 0.348. The summed E-state index contributed by atoms with van der Waals surface area (Å²) in [6, 6.07) is 17.7. The maximum absolute atomic E-state index is 12.9. The van der Waals surface area contributed by atoms with Gasteiger partial charge in [0, 0.05) is 31.0 Å². The molecule has 0 spiro atoms. The summed E-state index contributed by atoms with van der Waals surface area (Å²) in [4.78, 5) is 19.2. The van der Waals surface area contributed by atoms with Gasteiger partial charge in [-0.3, -0.25) is 4.79 Å². The van der Waals surface area contributed by atoms with Gasteiger partial charge in [0.25, 0.3) is 0 Å². The predicted octanol–water partition coefficient (Wildman–Crippen LogP) is 4.51. The Labute approximate surface area is 171 Å². The second-order valence-electron chi connectivity index (χ2n) is 7.00. The van der Waals surface area contributed by atoms with Crippen LogP contribution in [0.1, 0.15) is 38.1 Å². The molecule has 1 atom stereocenters. The van der Waals surface area contributed by atoms with Gasteiger partial charge in [0.05, 0.1) is 7.11 Å². The van der Waals surface area contributed by atoms with E-state index in [1.807, 2.05) is 59.5 Å². The fourth-order valence-electron chi connectivity index (χ4n) is 3.06. The zero-order valence-electron chi connectivity index (χ0n) is 17.2. The van der Waals surface area contributed by atoms with E-state index in [-0.39, 0.29) is 11.9 Å². The van der Waals surface area contributed by atoms with Gasteiger partial charge in [-0.15, -0.1) is 0 Å². The Morgan fingerprint density at radius 1 is 1.14 bits per heavy atom. The standard InChI is InChI=1S/C23H27N3O3/c1-4-17(2)26(16-18-8-6-5-7-9-18)22(27)15-14-21-24-23(25-29-21)19-10-12-20(28-3)13-11-19/h5-13,17H,4,14-16H2,1-3H3. The van der Waals surface area contributed by atoms with Gasteiger partial charge in [0.1, 0.15) is 5.75 Å². The van der Waals surface area contributed by atoms with Gasteiger partial charge >= 0.3 is 0 Å². The fourth-order valence-corrected chi connectivity index (χ4v) is 3.06. The number of carbonyl (C=O) groups excluding carboxylic acids is 1. The van der Waals surface area contributed by atoms with Crippen LogP contribution in [0.25, 0.3) is 11.4 Å². The van der Waals surface area contributed by atoms with Gasteiger partial charge in [0.2, 0.25) is 17.6 Å². The Bertz CT molecular complexity index is 907. The molecule has 3 rings (SSSR count). The molecule has 3 aromatic rings. The summed E-state index contributed by atoms with van der Waals surface area (Å²) in [5, 5.41) is 4.03. The average molecular weight is 393 g/mol. The number of rotatable bonds is 9. The molecule has 6 nitrogen and oxygen atoms in total. The van der Waals surface area contributed by atoms with Crippen molar-refractivity contribution >= 4 is 5.91 Å². The molecule has 152 valence electrons. The van der Waals surface area contributed by atoms with Crippen molar-refractivity contribution in [1.29, 1.82) is 0 Å². The van der Waals surface area contributed by atoms with Gasteiger partial charge in [-0.05, 0) is 43.2 Å². The van der Waals surface area contributed by atoms with Gasteiger partial charge < -0.3 is 14.2 Å². The Morgan fingerprint density at radius 2 is 1.86 bits per heavy atom. The first-order valence-corrected chi connectivity index (χ1v) is 9.91. The van der Waals surface area contributed by atoms with E-state index < -0.39 is 0 Å². The van der Waals surface area contributed by atoms with E-state index >= 15 is 0 Å². The number of hydrogen-bond acceptors (Lipinski definition) is 5. The number of carbonyl (C=O) groups is 1. The molecular weight excluding hydrogens is 366 g/mol. The third kappa shape index (κ3) is 5.44. The second kappa shape index (κ2) is 9.87. The highest BCUT2D eigenvalue weighted by Crippen LogP contribution is 2.20. The predicted molar refractivity (Wildman–Crippen MR) is 111 cm³/mol. The van der Waals surface area contributed by atoms with Crippen molar-refractivity contribution in [1.82, 2.24) is 15.0 Å². The van der Waals surface area contributed by atoms with E-state index in [4.69, 9.17) is 9.26 Å². The van der Waals surface area contributed by atoms with Crippen molar-refractivity contribution in [3.05, 3.63) is 66.1 Å². The summed E-state index contributed by atoms with van der Waals surface area (Å²) >= 11 is 0. The lowest BCUT2D eigenvalue weighted by Gasteiger charge is -2.28. The van der Waals surface area contributed by atoms with Gasteiger partial charge in [0.15, 0.2) is 0 Å². The Morgan fingerprint density at radius 3 is 2.52 bits per heavy atom. The summed E-state index contributed by atoms with van der Waals surface area (Å²) in [7, 11) is 1.62. The third-order valence-electron chi connectivity index (χ3n) is 5.01. The number of methoxy groups -OCH3 is 1. The molecule has 2 aromatic carbocycles. The van der Waals surface area contributed by atoms with Crippen LogP contribution in [0, 0.1) is 0 Å². The molecule has 0 saturated heterocycles. The lowest BCUT2D eigenvalue weighted by molar-refractivity contribution is -0.134. The van der Waals surface area contributed by atoms with Crippen LogP contribution in [-0.4, -0.2) is 34.1 Å². The molecule has 0 saturated carbocycles. The highest BCUT2D eigenvalue weighted by molar-refractivity contribution is 5.76. The summed E-state index contributed by atoms with van der Waals surface area (Å²) in [5.74, 6) is 1.84. The van der Waals surface area contributed by atoms with E-state index in [2.05, 4.69) is 24.0 Å². The normalized spacial score (nSPS) is 11.8. The second-order valence-corrected chi connectivity index (χ2v) is 7.00. The van der Waals surface area contributed by atoms with Crippen molar-refractivity contribution in [2.24, 2.45) is 0 Å². The molecule has 0 fully saturated rings. The summed E-state index contributed by atoms with van der Waals surface area (Å²) < 4.78 is 10.5. The lowest BCUT2D eigenvalue weighted by Crippen LogP contribution is -2.37. The van der Waals surface area contributed by atoms with Crippen LogP contribution >= 0.6 is 0 Å². The largest absolute Gasteiger partial charge is 0.497 e. The van der Waals surface area contributed by atoms with E-state index in [0.29, 0.717) is 31.1 Å². The highest BCUT2D eigenvalue weighted by Gasteiger charge is 2.20. The number of aromatic nitrogens is 2. The Kier molecular flexibility index (Phi) is 7.00. The monoisotopic (exact) mass is 393 g/mol. The smallest absolute Gasteiger partial charge is 0.227 e. The number of aryl methyl sites for hydroxylation is 1. The van der Waals surface area contributed by atoms with Crippen LogP contribution in [0.3, 0.4) is 0 Å². The van der Waals surface area contributed by atoms with E-state index in [9.17, 15) is 4.79 Å². The van der Waals surface area contributed by atoms with Gasteiger partial charge in [-0.1, -0.05) is 42.4 Å². The highest BCUT2D eigenvalue weighted by atomic mass is 16.5. The van der Waals surface area contributed by atoms with Crippen LogP contribution in [0.15, 0.2) is 59.1 Å². The molecule has 0 aliphatic rings. The molecule has 6 heteroatoms. The maximum Gasteiger partial charge on any atom is 0.227 e. The number of amides is 1. The van der Waals surface area contributed by atoms with E-state index in [1.165, 1.54) is 0 Å². The van der Waals surface area contributed by atoms with Crippen LogP contribution in [0.2, 0.25) is 0 Å². The molecule has 0 aliphatic carbocycles. The first-order chi connectivity index (χ1) is 14.1. The van der Waals surface area contributed by atoms with Crippen LogP contribution in [0.4, 0.5) is 0 Å². The Balaban J connectivity index is 1.62. The molecule has 0 bridgehead atoms. The number of benzene rings is 2. The topological polar surface area (TPSA) is 68.5 Å². The molecule has 1 unspecified atom stereocenters. The van der Waals surface area contributed by atoms with Crippen molar-refractivity contribution < 1.29 is 14.1 Å². The minimum atomic E-state index is 0.0902. The molecule has 1 aromatic heterocycles. The minimum absolute atomic E-state index is 0.0902. The number of hydrogen-bond donors (Lipinski definition) is 0. The van der Waals surface area contributed by atoms with Crippen molar-refractivity contribution in [3.63, 3.8) is 0 Å². The molecular formula is C23H27N3O3. The zero-order chi connectivity index (χ0) is 20.6. The average Bonchev–Trinajstić information content (AvgIpc) is 3.25. The first kappa shape index (κ1) is 20.6. The third-order valence-corrected chi connectivity index (χ3v) is 5.01. The zero-order valence-corrected chi connectivity index (χ0v) is 17.2. The lowest BCUT2D eigenvalue weighted by atomic mass is 10.1. The van der Waals surface area contributed by atoms with Gasteiger partial charge in [-0.2, -0.15) is 4.98 Å². The summed E-state index contributed by atoms with van der Waals surface area (Å²) in [6.07, 6.45) is 1.66. The molecule has 1 heterocycles. The van der Waals surface area contributed by atoms with Crippen LogP contribution in [0.5, 0.6) is 5.75 Å². The minimum Gasteiger partial charge on any atom is -0.497 e.